The minimum atomic E-state index is -3.44. The fourth-order valence-electron chi connectivity index (χ4n) is 3.05. The van der Waals surface area contributed by atoms with Crippen LogP contribution in [0.2, 0.25) is 5.02 Å². The predicted octanol–water partition coefficient (Wildman–Crippen LogP) is 4.37. The molecule has 0 fully saturated rings. The number of pyridine rings is 1. The third kappa shape index (κ3) is 5.23. The lowest BCUT2D eigenvalue weighted by molar-refractivity contribution is 0.101. The highest BCUT2D eigenvalue weighted by Gasteiger charge is 2.18. The van der Waals surface area contributed by atoms with Crippen LogP contribution in [-0.4, -0.2) is 38.3 Å². The van der Waals surface area contributed by atoms with E-state index in [1.165, 1.54) is 19.4 Å². The summed E-state index contributed by atoms with van der Waals surface area (Å²) in [6.07, 6.45) is 2.67. The Labute approximate surface area is 179 Å². The van der Waals surface area contributed by atoms with Crippen molar-refractivity contribution in [3.05, 3.63) is 82.4 Å². The van der Waals surface area contributed by atoms with Crippen molar-refractivity contribution in [3.8, 4) is 16.9 Å². The number of ketones is 1. The molecule has 0 aliphatic carbocycles. The third-order valence-electron chi connectivity index (χ3n) is 4.42. The van der Waals surface area contributed by atoms with E-state index in [0.29, 0.717) is 33.0 Å². The van der Waals surface area contributed by atoms with Gasteiger partial charge in [-0.1, -0.05) is 35.9 Å². The van der Waals surface area contributed by atoms with E-state index in [4.69, 9.17) is 16.3 Å². The molecule has 0 N–H and O–H groups in total. The second-order valence-electron chi connectivity index (χ2n) is 6.85. The first-order valence-corrected chi connectivity index (χ1v) is 11.4. The van der Waals surface area contributed by atoms with Gasteiger partial charge in [0.05, 0.1) is 12.7 Å². The van der Waals surface area contributed by atoms with E-state index in [2.05, 4.69) is 4.98 Å². The Balaban J connectivity index is 1.90. The molecule has 0 radical (unpaired) electrons. The van der Waals surface area contributed by atoms with Gasteiger partial charge in [-0.2, -0.15) is 0 Å². The van der Waals surface area contributed by atoms with E-state index in [9.17, 15) is 13.2 Å². The number of methoxy groups -OCH3 is 1. The average molecular weight is 448 g/mol. The van der Waals surface area contributed by atoms with Crippen LogP contribution in [0.15, 0.2) is 54.7 Å². The van der Waals surface area contributed by atoms with Gasteiger partial charge in [0.1, 0.15) is 23.0 Å². The van der Waals surface area contributed by atoms with Crippen LogP contribution < -0.4 is 4.74 Å². The number of carbonyl (C=O) groups is 1. The van der Waals surface area contributed by atoms with E-state index in [0.717, 1.165) is 6.26 Å². The van der Waals surface area contributed by atoms with Crippen LogP contribution in [0.5, 0.6) is 5.75 Å². The predicted molar refractivity (Wildman–Crippen MR) is 114 cm³/mol. The minimum absolute atomic E-state index is 0.0546. The molecule has 8 heteroatoms. The van der Waals surface area contributed by atoms with Crippen LogP contribution in [-0.2, 0) is 16.3 Å². The van der Waals surface area contributed by atoms with Gasteiger partial charge in [-0.05, 0) is 41.0 Å². The highest BCUT2D eigenvalue weighted by Crippen LogP contribution is 2.36. The van der Waals surface area contributed by atoms with Crippen LogP contribution in [0, 0.1) is 5.82 Å². The zero-order valence-electron chi connectivity index (χ0n) is 16.4. The summed E-state index contributed by atoms with van der Waals surface area (Å²) in [4.78, 5) is 16.0. The molecule has 30 heavy (non-hydrogen) atoms. The fraction of sp³-hybridized carbons (Fsp3) is 0.182. The number of ether oxygens (including phenoxy) is 1. The molecule has 2 aromatic carbocycles. The normalized spacial score (nSPS) is 11.3. The number of sulfone groups is 1. The Hall–Kier alpha value is -2.77. The summed E-state index contributed by atoms with van der Waals surface area (Å²) in [5.74, 6) is -1.23. The first-order chi connectivity index (χ1) is 14.2. The molecule has 1 aromatic heterocycles. The van der Waals surface area contributed by atoms with Crippen molar-refractivity contribution in [1.29, 1.82) is 0 Å². The van der Waals surface area contributed by atoms with Gasteiger partial charge in [0.15, 0.2) is 15.6 Å². The van der Waals surface area contributed by atoms with Crippen molar-refractivity contribution in [2.24, 2.45) is 0 Å². The molecule has 5 nitrogen and oxygen atoms in total. The molecular formula is C22H19ClFNO4S. The number of carbonyl (C=O) groups excluding carboxylic acids is 1. The van der Waals surface area contributed by atoms with E-state index in [1.54, 1.807) is 42.5 Å². The number of hydrogen-bond acceptors (Lipinski definition) is 5. The van der Waals surface area contributed by atoms with Gasteiger partial charge in [0, 0.05) is 23.9 Å². The van der Waals surface area contributed by atoms with Crippen LogP contribution >= 0.6 is 11.6 Å². The van der Waals surface area contributed by atoms with E-state index in [1.807, 2.05) is 0 Å². The second kappa shape index (κ2) is 8.93. The van der Waals surface area contributed by atoms with Crippen LogP contribution in [0.25, 0.3) is 11.1 Å². The molecule has 3 aromatic rings. The van der Waals surface area contributed by atoms with Gasteiger partial charge in [-0.25, -0.2) is 12.8 Å². The Morgan fingerprint density at radius 1 is 1.17 bits per heavy atom. The summed E-state index contributed by atoms with van der Waals surface area (Å²) >= 11 is 6.06. The molecule has 0 atom stereocenters. The first-order valence-electron chi connectivity index (χ1n) is 8.95. The Kier molecular flexibility index (Phi) is 6.53. The average Bonchev–Trinajstić information content (AvgIpc) is 2.68. The van der Waals surface area contributed by atoms with Crippen LogP contribution in [0.4, 0.5) is 4.39 Å². The molecule has 0 amide bonds. The Bertz CT molecular complexity index is 1190. The summed E-state index contributed by atoms with van der Waals surface area (Å²) in [5, 5.41) is 0.484. The minimum Gasteiger partial charge on any atom is -0.496 e. The second-order valence-corrected chi connectivity index (χ2v) is 9.42. The van der Waals surface area contributed by atoms with E-state index in [-0.39, 0.29) is 12.1 Å². The molecule has 0 bridgehead atoms. The van der Waals surface area contributed by atoms with Crippen molar-refractivity contribution >= 4 is 27.2 Å². The highest BCUT2D eigenvalue weighted by molar-refractivity contribution is 7.91. The topological polar surface area (TPSA) is 73.3 Å². The molecule has 0 aliphatic rings. The summed E-state index contributed by atoms with van der Waals surface area (Å²) in [6.45, 7) is 0. The van der Waals surface area contributed by atoms with Gasteiger partial charge in [0.25, 0.3) is 0 Å². The van der Waals surface area contributed by atoms with E-state index >= 15 is 4.39 Å². The molecule has 3 rings (SSSR count). The molecule has 0 aliphatic heterocycles. The van der Waals surface area contributed by atoms with Crippen LogP contribution in [0.3, 0.4) is 0 Å². The maximum Gasteiger partial charge on any atom is 0.196 e. The smallest absolute Gasteiger partial charge is 0.196 e. The lowest BCUT2D eigenvalue weighted by Crippen LogP contribution is -2.15. The number of aromatic nitrogens is 1. The zero-order valence-corrected chi connectivity index (χ0v) is 17.9. The van der Waals surface area contributed by atoms with Gasteiger partial charge >= 0.3 is 0 Å². The van der Waals surface area contributed by atoms with Gasteiger partial charge in [0.2, 0.25) is 0 Å². The number of Topliss-reactive ketones (excluding diaryl/α,β-unsaturated/α-hetero) is 1. The third-order valence-corrected chi connectivity index (χ3v) is 5.44. The lowest BCUT2D eigenvalue weighted by Gasteiger charge is -2.14. The summed E-state index contributed by atoms with van der Waals surface area (Å²) in [6, 6.07) is 13.2. The molecular weight excluding hydrogens is 429 g/mol. The van der Waals surface area contributed by atoms with Crippen LogP contribution in [0.1, 0.15) is 21.6 Å². The molecule has 0 unspecified atom stereocenters. The summed E-state index contributed by atoms with van der Waals surface area (Å²) in [5.41, 5.74) is 2.05. The quantitative estimate of drug-likeness (QED) is 0.503. The number of halogens is 2. The van der Waals surface area contributed by atoms with Gasteiger partial charge in [-0.3, -0.25) is 9.78 Å². The molecule has 1 heterocycles. The van der Waals surface area contributed by atoms with Crippen molar-refractivity contribution < 1.29 is 22.3 Å². The number of hydrogen-bond donors (Lipinski definition) is 0. The number of benzene rings is 2. The number of nitrogens with zero attached hydrogens (tertiary/aromatic N) is 1. The lowest BCUT2D eigenvalue weighted by atomic mass is 9.97. The molecule has 0 saturated carbocycles. The summed E-state index contributed by atoms with van der Waals surface area (Å²) < 4.78 is 43.2. The SMILES string of the molecule is COc1ccc(Cc2ccc(C(=O)CS(C)(=O)=O)nc2)c(F)c1-c1cccc(Cl)c1. The highest BCUT2D eigenvalue weighted by atomic mass is 35.5. The van der Waals surface area contributed by atoms with Crippen molar-refractivity contribution in [1.82, 2.24) is 4.98 Å². The number of rotatable bonds is 7. The van der Waals surface area contributed by atoms with Gasteiger partial charge < -0.3 is 4.74 Å². The van der Waals surface area contributed by atoms with E-state index < -0.39 is 27.2 Å². The van der Waals surface area contributed by atoms with Gasteiger partial charge in [-0.15, -0.1) is 0 Å². The molecule has 156 valence electrons. The van der Waals surface area contributed by atoms with Crippen molar-refractivity contribution in [2.75, 3.05) is 19.1 Å². The molecule has 0 saturated heterocycles. The maximum atomic E-state index is 15.4. The first kappa shape index (κ1) is 21.9. The van der Waals surface area contributed by atoms with Crippen molar-refractivity contribution in [3.63, 3.8) is 0 Å². The standard InChI is InChI=1S/C22H19ClFNO4S/c1-29-20-9-7-16(22(24)21(20)15-4-3-5-17(23)11-15)10-14-6-8-18(25-12-14)19(26)13-30(2,27)28/h3-9,11-12H,10,13H2,1-2H3. The van der Waals surface area contributed by atoms with Crippen molar-refractivity contribution in [2.45, 2.75) is 6.42 Å². The zero-order chi connectivity index (χ0) is 21.9. The maximum absolute atomic E-state index is 15.4. The molecule has 0 spiro atoms. The Morgan fingerprint density at radius 2 is 1.93 bits per heavy atom. The monoisotopic (exact) mass is 447 g/mol. The summed E-state index contributed by atoms with van der Waals surface area (Å²) in [7, 11) is -1.97. The largest absolute Gasteiger partial charge is 0.496 e. The fourth-order valence-corrected chi connectivity index (χ4v) is 3.86. The Morgan fingerprint density at radius 3 is 2.53 bits per heavy atom.